The van der Waals surface area contributed by atoms with Crippen LogP contribution < -0.4 is 5.43 Å². The van der Waals surface area contributed by atoms with Crippen molar-refractivity contribution in [2.75, 3.05) is 5.43 Å². The van der Waals surface area contributed by atoms with Crippen LogP contribution in [0.5, 0.6) is 0 Å². The number of furan rings is 1. The monoisotopic (exact) mass is 347 g/mol. The molecular weight excluding hydrogens is 334 g/mol. The molecule has 2 aromatic heterocycles. The zero-order chi connectivity index (χ0) is 17.9. The fourth-order valence-electron chi connectivity index (χ4n) is 2.49. The minimum atomic E-state index is -0.437. The maximum absolute atomic E-state index is 10.7. The van der Waals surface area contributed by atoms with E-state index in [1.165, 1.54) is 18.3 Å². The predicted molar refractivity (Wildman–Crippen MR) is 98.1 cm³/mol. The minimum absolute atomic E-state index is 0.0390. The Morgan fingerprint density at radius 3 is 2.69 bits per heavy atom. The summed E-state index contributed by atoms with van der Waals surface area (Å²) in [6.07, 6.45) is 1.53. The second-order valence-electron chi connectivity index (χ2n) is 5.48. The molecule has 0 radical (unpaired) electrons. The van der Waals surface area contributed by atoms with Crippen LogP contribution in [0.2, 0.25) is 0 Å². The molecular formula is C18H13N5O3. The first-order chi connectivity index (χ1) is 12.7. The average Bonchev–Trinajstić information content (AvgIpc) is 3.28. The Bertz CT molecular complexity index is 1060. The van der Waals surface area contributed by atoms with Crippen LogP contribution in [-0.2, 0) is 0 Å². The van der Waals surface area contributed by atoms with E-state index in [-0.39, 0.29) is 5.69 Å². The van der Waals surface area contributed by atoms with Gasteiger partial charge in [0.1, 0.15) is 11.5 Å². The van der Waals surface area contributed by atoms with Crippen molar-refractivity contribution in [2.45, 2.75) is 0 Å². The second-order valence-corrected chi connectivity index (χ2v) is 5.48. The predicted octanol–water partition coefficient (Wildman–Crippen LogP) is 4.18. The summed E-state index contributed by atoms with van der Waals surface area (Å²) in [7, 11) is 0. The quantitative estimate of drug-likeness (QED) is 0.320. The molecule has 26 heavy (non-hydrogen) atoms. The van der Waals surface area contributed by atoms with Gasteiger partial charge in [0.05, 0.1) is 22.2 Å². The molecule has 2 N–H and O–H groups in total. The van der Waals surface area contributed by atoms with E-state index in [1.54, 1.807) is 24.3 Å². The summed E-state index contributed by atoms with van der Waals surface area (Å²) in [6, 6.07) is 17.4. The molecule has 2 aromatic carbocycles. The summed E-state index contributed by atoms with van der Waals surface area (Å²) in [5, 5.41) is 14.8. The molecule has 0 aliphatic rings. The molecule has 8 nitrogen and oxygen atoms in total. The number of nitrogens with zero attached hydrogens (tertiary/aromatic N) is 3. The standard InChI is InChI=1S/C18H13N5O3/c24-23(25)13-7-5-12(6-8-13)17-10-9-14(26-17)11-19-22-18-20-15-3-1-2-4-16(15)21-18/h1-11H,(H2,20,21,22). The Morgan fingerprint density at radius 1 is 1.12 bits per heavy atom. The van der Waals surface area contributed by atoms with Crippen LogP contribution in [0.15, 0.2) is 70.2 Å². The van der Waals surface area contributed by atoms with Crippen molar-refractivity contribution in [3.8, 4) is 11.3 Å². The highest BCUT2D eigenvalue weighted by molar-refractivity contribution is 5.79. The van der Waals surface area contributed by atoms with Gasteiger partial charge >= 0.3 is 0 Å². The topological polar surface area (TPSA) is 109 Å². The van der Waals surface area contributed by atoms with Gasteiger partial charge in [-0.15, -0.1) is 0 Å². The molecule has 0 fully saturated rings. The molecule has 0 aliphatic carbocycles. The number of fused-ring (bicyclic) bond motifs is 1. The van der Waals surface area contributed by atoms with Gasteiger partial charge in [-0.1, -0.05) is 12.1 Å². The molecule has 0 aliphatic heterocycles. The Morgan fingerprint density at radius 2 is 1.92 bits per heavy atom. The van der Waals surface area contributed by atoms with Gasteiger partial charge in [-0.05, 0) is 36.4 Å². The lowest BCUT2D eigenvalue weighted by atomic mass is 10.1. The number of aromatic amines is 1. The van der Waals surface area contributed by atoms with E-state index < -0.39 is 4.92 Å². The van der Waals surface area contributed by atoms with E-state index in [1.807, 2.05) is 24.3 Å². The van der Waals surface area contributed by atoms with E-state index in [4.69, 9.17) is 4.42 Å². The molecule has 128 valence electrons. The van der Waals surface area contributed by atoms with Crippen LogP contribution in [-0.4, -0.2) is 21.1 Å². The first-order valence-corrected chi connectivity index (χ1v) is 7.77. The molecule has 8 heteroatoms. The van der Waals surface area contributed by atoms with E-state index >= 15 is 0 Å². The Kier molecular flexibility index (Phi) is 3.91. The summed E-state index contributed by atoms with van der Waals surface area (Å²) in [6.45, 7) is 0. The highest BCUT2D eigenvalue weighted by Gasteiger charge is 2.08. The third-order valence-electron chi connectivity index (χ3n) is 3.74. The van der Waals surface area contributed by atoms with Gasteiger partial charge in [0.2, 0.25) is 5.95 Å². The number of hydrogen-bond donors (Lipinski definition) is 2. The van der Waals surface area contributed by atoms with Crippen molar-refractivity contribution >= 4 is 28.9 Å². The van der Waals surface area contributed by atoms with Gasteiger partial charge < -0.3 is 9.40 Å². The number of H-pyrrole nitrogens is 1. The third kappa shape index (κ3) is 3.16. The zero-order valence-corrected chi connectivity index (χ0v) is 13.4. The largest absolute Gasteiger partial charge is 0.455 e. The van der Waals surface area contributed by atoms with Crippen LogP contribution in [0, 0.1) is 10.1 Å². The lowest BCUT2D eigenvalue weighted by Crippen LogP contribution is -1.91. The minimum Gasteiger partial charge on any atom is -0.455 e. The van der Waals surface area contributed by atoms with Crippen LogP contribution in [0.25, 0.3) is 22.4 Å². The van der Waals surface area contributed by atoms with Crippen molar-refractivity contribution in [3.63, 3.8) is 0 Å². The van der Waals surface area contributed by atoms with Crippen molar-refractivity contribution in [1.82, 2.24) is 9.97 Å². The summed E-state index contributed by atoms with van der Waals surface area (Å²) in [5.74, 6) is 1.68. The number of para-hydroxylation sites is 2. The van der Waals surface area contributed by atoms with Crippen LogP contribution in [0.4, 0.5) is 11.6 Å². The smallest absolute Gasteiger partial charge is 0.269 e. The summed E-state index contributed by atoms with van der Waals surface area (Å²) in [4.78, 5) is 17.7. The summed E-state index contributed by atoms with van der Waals surface area (Å²) in [5.41, 5.74) is 5.38. The van der Waals surface area contributed by atoms with Crippen molar-refractivity contribution in [3.05, 3.63) is 76.5 Å². The lowest BCUT2D eigenvalue weighted by Gasteiger charge is -1.96. The number of hydrogen-bond acceptors (Lipinski definition) is 6. The highest BCUT2D eigenvalue weighted by atomic mass is 16.6. The molecule has 0 bridgehead atoms. The first-order valence-electron chi connectivity index (χ1n) is 7.77. The van der Waals surface area contributed by atoms with E-state index in [9.17, 15) is 10.1 Å². The van der Waals surface area contributed by atoms with Crippen molar-refractivity contribution < 1.29 is 9.34 Å². The molecule has 0 saturated carbocycles. The van der Waals surface area contributed by atoms with E-state index in [2.05, 4.69) is 20.5 Å². The van der Waals surface area contributed by atoms with Crippen molar-refractivity contribution in [1.29, 1.82) is 0 Å². The molecule has 4 aromatic rings. The number of aromatic nitrogens is 2. The number of non-ortho nitro benzene ring substituents is 1. The SMILES string of the molecule is O=[N+]([O-])c1ccc(-c2ccc(C=NNc3nc4ccccc4[nH]3)o2)cc1. The number of imidazole rings is 1. The molecule has 4 rings (SSSR count). The van der Waals surface area contributed by atoms with Crippen LogP contribution >= 0.6 is 0 Å². The van der Waals surface area contributed by atoms with Gasteiger partial charge in [-0.2, -0.15) is 5.10 Å². The number of nitrogens with one attached hydrogen (secondary N) is 2. The molecule has 0 amide bonds. The first kappa shape index (κ1) is 15.6. The number of nitro groups is 1. The fourth-order valence-corrected chi connectivity index (χ4v) is 2.49. The number of rotatable bonds is 5. The number of anilines is 1. The van der Waals surface area contributed by atoms with Gasteiger partial charge in [0.15, 0.2) is 0 Å². The van der Waals surface area contributed by atoms with Crippen LogP contribution in [0.3, 0.4) is 0 Å². The number of benzene rings is 2. The van der Waals surface area contributed by atoms with Gasteiger partial charge in [-0.3, -0.25) is 10.1 Å². The van der Waals surface area contributed by atoms with Crippen molar-refractivity contribution in [2.24, 2.45) is 5.10 Å². The molecule has 2 heterocycles. The number of hydrazone groups is 1. The summed E-state index contributed by atoms with van der Waals surface area (Å²) < 4.78 is 5.68. The van der Waals surface area contributed by atoms with Gasteiger partial charge in [0, 0.05) is 17.7 Å². The van der Waals surface area contributed by atoms with Crippen LogP contribution in [0.1, 0.15) is 5.76 Å². The lowest BCUT2D eigenvalue weighted by molar-refractivity contribution is -0.384. The second kappa shape index (κ2) is 6.52. The Balaban J connectivity index is 1.45. The maximum atomic E-state index is 10.7. The Hall–Kier alpha value is -3.94. The molecule has 0 atom stereocenters. The van der Waals surface area contributed by atoms with Gasteiger partial charge in [-0.25, -0.2) is 10.4 Å². The summed E-state index contributed by atoms with van der Waals surface area (Å²) >= 11 is 0. The van der Waals surface area contributed by atoms with Gasteiger partial charge in [0.25, 0.3) is 5.69 Å². The fraction of sp³-hybridized carbons (Fsp3) is 0. The number of nitro benzene ring substituents is 1. The molecule has 0 saturated heterocycles. The molecule has 0 unspecified atom stereocenters. The third-order valence-corrected chi connectivity index (χ3v) is 3.74. The zero-order valence-electron chi connectivity index (χ0n) is 13.4. The van der Waals surface area contributed by atoms with E-state index in [0.29, 0.717) is 17.5 Å². The molecule has 0 spiro atoms. The maximum Gasteiger partial charge on any atom is 0.269 e. The average molecular weight is 347 g/mol. The normalized spacial score (nSPS) is 11.2. The highest BCUT2D eigenvalue weighted by Crippen LogP contribution is 2.24. The Labute approximate surface area is 147 Å². The van der Waals surface area contributed by atoms with E-state index in [0.717, 1.165) is 16.6 Å².